The predicted octanol–water partition coefficient (Wildman–Crippen LogP) is 1.12. The lowest BCUT2D eigenvalue weighted by atomic mass is 9.90. The monoisotopic (exact) mass is 283 g/mol. The molecule has 0 bridgehead atoms. The number of imidazole rings is 1. The molecule has 0 saturated carbocycles. The second kappa shape index (κ2) is 4.61. The van der Waals surface area contributed by atoms with Gasteiger partial charge in [0, 0.05) is 24.2 Å². The van der Waals surface area contributed by atoms with Crippen LogP contribution in [0.25, 0.3) is 11.3 Å². The van der Waals surface area contributed by atoms with Crippen molar-refractivity contribution in [2.45, 2.75) is 6.10 Å². The number of benzene rings is 1. The molecule has 2 N–H and O–H groups in total. The Labute approximate surface area is 120 Å². The van der Waals surface area contributed by atoms with E-state index in [2.05, 4.69) is 15.3 Å². The van der Waals surface area contributed by atoms with Gasteiger partial charge in [-0.25, -0.2) is 4.98 Å². The maximum Gasteiger partial charge on any atom is 0.251 e. The highest BCUT2D eigenvalue weighted by Crippen LogP contribution is 2.33. The number of fused-ring (bicyclic) bond motifs is 3. The summed E-state index contributed by atoms with van der Waals surface area (Å²) in [4.78, 5) is 31.8. The van der Waals surface area contributed by atoms with Gasteiger partial charge in [0.15, 0.2) is 0 Å². The van der Waals surface area contributed by atoms with Gasteiger partial charge in [0.05, 0.1) is 6.61 Å². The van der Waals surface area contributed by atoms with Crippen molar-refractivity contribution >= 4 is 11.6 Å². The quantitative estimate of drug-likeness (QED) is 0.766. The van der Waals surface area contributed by atoms with Crippen molar-refractivity contribution in [3.8, 4) is 11.3 Å². The lowest BCUT2D eigenvalue weighted by Crippen LogP contribution is -2.33. The van der Waals surface area contributed by atoms with E-state index >= 15 is 0 Å². The lowest BCUT2D eigenvalue weighted by Gasteiger charge is -2.21. The molecule has 106 valence electrons. The Bertz CT molecular complexity index is 744. The number of rotatable bonds is 1. The number of ether oxygens (including phenoxy) is 1. The Balaban J connectivity index is 1.84. The number of ketones is 2. The standard InChI is InChI=1S/C15H13N3O3/c19-13-9-4-2-1-3-8(9)11-12(14(13)20)18-15(17-11)10-7-16-5-6-21-10/h1-4,10,16H,5-7H2,(H,17,18). The first-order chi connectivity index (χ1) is 10.3. The first kappa shape index (κ1) is 12.4. The normalized spacial score (nSPS) is 21.0. The van der Waals surface area contributed by atoms with E-state index < -0.39 is 11.6 Å². The van der Waals surface area contributed by atoms with Crippen LogP contribution in [0, 0.1) is 0 Å². The number of carbonyl (C=O) groups is 2. The first-order valence-corrected chi connectivity index (χ1v) is 6.86. The number of aromatic nitrogens is 2. The minimum atomic E-state index is -0.536. The van der Waals surface area contributed by atoms with Crippen LogP contribution in [-0.4, -0.2) is 41.2 Å². The smallest absolute Gasteiger partial charge is 0.251 e. The van der Waals surface area contributed by atoms with Crippen molar-refractivity contribution in [3.05, 3.63) is 41.3 Å². The second-order valence-electron chi connectivity index (χ2n) is 5.11. The average Bonchev–Trinajstić information content (AvgIpc) is 2.99. The second-order valence-corrected chi connectivity index (χ2v) is 5.11. The van der Waals surface area contributed by atoms with Gasteiger partial charge in [-0.15, -0.1) is 0 Å². The molecule has 1 atom stereocenters. The van der Waals surface area contributed by atoms with Gasteiger partial charge in [-0.2, -0.15) is 0 Å². The molecule has 21 heavy (non-hydrogen) atoms. The van der Waals surface area contributed by atoms with Crippen molar-refractivity contribution in [3.63, 3.8) is 0 Å². The molecule has 2 aliphatic rings. The first-order valence-electron chi connectivity index (χ1n) is 6.86. The third-order valence-electron chi connectivity index (χ3n) is 3.81. The van der Waals surface area contributed by atoms with Gasteiger partial charge >= 0.3 is 0 Å². The largest absolute Gasteiger partial charge is 0.368 e. The number of hydrogen-bond acceptors (Lipinski definition) is 5. The summed E-state index contributed by atoms with van der Waals surface area (Å²) in [7, 11) is 0. The highest BCUT2D eigenvalue weighted by molar-refractivity contribution is 6.52. The Morgan fingerprint density at radius 2 is 1.95 bits per heavy atom. The average molecular weight is 283 g/mol. The molecule has 0 amide bonds. The summed E-state index contributed by atoms with van der Waals surface area (Å²) >= 11 is 0. The zero-order chi connectivity index (χ0) is 14.4. The van der Waals surface area contributed by atoms with Crippen LogP contribution in [-0.2, 0) is 4.74 Å². The fourth-order valence-electron chi connectivity index (χ4n) is 2.77. The van der Waals surface area contributed by atoms with Gasteiger partial charge in [-0.1, -0.05) is 24.3 Å². The summed E-state index contributed by atoms with van der Waals surface area (Å²) in [6.45, 7) is 2.03. The predicted molar refractivity (Wildman–Crippen MR) is 74.2 cm³/mol. The van der Waals surface area contributed by atoms with Crippen LogP contribution in [0.5, 0.6) is 0 Å². The molecule has 0 radical (unpaired) electrons. The van der Waals surface area contributed by atoms with E-state index in [-0.39, 0.29) is 11.8 Å². The maximum absolute atomic E-state index is 12.2. The topological polar surface area (TPSA) is 84.1 Å². The summed E-state index contributed by atoms with van der Waals surface area (Å²) in [5, 5.41) is 3.22. The van der Waals surface area contributed by atoms with Gasteiger partial charge in [0.25, 0.3) is 5.78 Å². The summed E-state index contributed by atoms with van der Waals surface area (Å²) < 4.78 is 5.64. The Kier molecular flexibility index (Phi) is 2.73. The van der Waals surface area contributed by atoms with Crippen LogP contribution in [0.3, 0.4) is 0 Å². The van der Waals surface area contributed by atoms with Crippen molar-refractivity contribution < 1.29 is 14.3 Å². The molecule has 6 heteroatoms. The Morgan fingerprint density at radius 3 is 2.71 bits per heavy atom. The van der Waals surface area contributed by atoms with Gasteiger partial charge < -0.3 is 15.0 Å². The van der Waals surface area contributed by atoms with Gasteiger partial charge in [-0.3, -0.25) is 9.59 Å². The van der Waals surface area contributed by atoms with Crippen LogP contribution in [0.1, 0.15) is 32.8 Å². The van der Waals surface area contributed by atoms with Crippen LogP contribution in [0.2, 0.25) is 0 Å². The summed E-state index contributed by atoms with van der Waals surface area (Å²) in [5.41, 5.74) is 1.92. The number of nitrogens with zero attached hydrogens (tertiary/aromatic N) is 1. The zero-order valence-corrected chi connectivity index (χ0v) is 11.2. The van der Waals surface area contributed by atoms with E-state index in [0.717, 1.165) is 6.54 Å². The van der Waals surface area contributed by atoms with Crippen LogP contribution in [0.4, 0.5) is 0 Å². The molecule has 4 rings (SSSR count). The van der Waals surface area contributed by atoms with E-state index in [1.165, 1.54) is 0 Å². The zero-order valence-electron chi connectivity index (χ0n) is 11.2. The molecule has 6 nitrogen and oxygen atoms in total. The number of nitrogens with one attached hydrogen (secondary N) is 2. The highest BCUT2D eigenvalue weighted by atomic mass is 16.5. The third kappa shape index (κ3) is 1.84. The molecule has 1 unspecified atom stereocenters. The van der Waals surface area contributed by atoms with E-state index in [1.54, 1.807) is 12.1 Å². The van der Waals surface area contributed by atoms with E-state index in [1.807, 2.05) is 12.1 Å². The van der Waals surface area contributed by atoms with Crippen molar-refractivity contribution in [1.29, 1.82) is 0 Å². The van der Waals surface area contributed by atoms with Crippen LogP contribution >= 0.6 is 0 Å². The molecule has 1 fully saturated rings. The number of H-pyrrole nitrogens is 1. The Morgan fingerprint density at radius 1 is 1.14 bits per heavy atom. The van der Waals surface area contributed by atoms with Crippen molar-refractivity contribution in [1.82, 2.24) is 15.3 Å². The van der Waals surface area contributed by atoms with Gasteiger partial charge in [-0.05, 0) is 0 Å². The van der Waals surface area contributed by atoms with Crippen molar-refractivity contribution in [2.24, 2.45) is 0 Å². The molecule has 1 aromatic heterocycles. The minimum absolute atomic E-state index is 0.223. The molecule has 1 saturated heterocycles. The maximum atomic E-state index is 12.2. The minimum Gasteiger partial charge on any atom is -0.368 e. The van der Waals surface area contributed by atoms with Crippen LogP contribution in [0.15, 0.2) is 24.3 Å². The SMILES string of the molecule is O=C1C(=O)c2[nH]c(C3CNCCO3)nc2-c2ccccc21. The number of hydrogen-bond donors (Lipinski definition) is 2. The van der Waals surface area contributed by atoms with E-state index in [0.29, 0.717) is 35.8 Å². The molecule has 1 aromatic carbocycles. The van der Waals surface area contributed by atoms with Crippen molar-refractivity contribution in [2.75, 3.05) is 19.7 Å². The molecule has 1 aliphatic carbocycles. The molecule has 0 spiro atoms. The fourth-order valence-corrected chi connectivity index (χ4v) is 2.77. The van der Waals surface area contributed by atoms with E-state index in [9.17, 15) is 9.59 Å². The molecular weight excluding hydrogens is 270 g/mol. The Hall–Kier alpha value is -2.31. The fraction of sp³-hybridized carbons (Fsp3) is 0.267. The molecule has 1 aliphatic heterocycles. The van der Waals surface area contributed by atoms with Gasteiger partial charge in [0.1, 0.15) is 23.3 Å². The summed E-state index contributed by atoms with van der Waals surface area (Å²) in [6.07, 6.45) is -0.223. The number of Topliss-reactive ketones (excluding diaryl/α,β-unsaturated/α-hetero) is 2. The third-order valence-corrected chi connectivity index (χ3v) is 3.81. The van der Waals surface area contributed by atoms with Crippen LogP contribution < -0.4 is 5.32 Å². The lowest BCUT2D eigenvalue weighted by molar-refractivity contribution is 0.0226. The summed E-state index contributed by atoms with van der Waals surface area (Å²) in [5.74, 6) is -0.438. The number of morpholine rings is 1. The molecular formula is C15H13N3O3. The highest BCUT2D eigenvalue weighted by Gasteiger charge is 2.34. The number of aromatic amines is 1. The van der Waals surface area contributed by atoms with Gasteiger partial charge in [0.2, 0.25) is 5.78 Å². The van der Waals surface area contributed by atoms with E-state index in [4.69, 9.17) is 4.74 Å². The number of carbonyl (C=O) groups excluding carboxylic acids is 2. The molecule has 2 heterocycles. The molecule has 2 aromatic rings. The summed E-state index contributed by atoms with van der Waals surface area (Å²) in [6, 6.07) is 7.05.